The van der Waals surface area contributed by atoms with E-state index >= 15 is 0 Å². The van der Waals surface area contributed by atoms with Gasteiger partial charge in [-0.15, -0.1) is 0 Å². The van der Waals surface area contributed by atoms with Gasteiger partial charge in [0.15, 0.2) is 0 Å². The molecule has 2 atom stereocenters. The Morgan fingerprint density at radius 3 is 2.74 bits per heavy atom. The third-order valence-electron chi connectivity index (χ3n) is 6.68. The van der Waals surface area contributed by atoms with Gasteiger partial charge in [-0.2, -0.15) is 4.98 Å². The first-order valence-corrected chi connectivity index (χ1v) is 12.3. The van der Waals surface area contributed by atoms with Crippen molar-refractivity contribution in [2.75, 3.05) is 36.5 Å². The van der Waals surface area contributed by atoms with Crippen molar-refractivity contribution in [3.05, 3.63) is 71.9 Å². The topological polar surface area (TPSA) is 73.8 Å². The third kappa shape index (κ3) is 5.00. The van der Waals surface area contributed by atoms with Crippen molar-refractivity contribution in [2.45, 2.75) is 44.9 Å². The van der Waals surface area contributed by atoms with Gasteiger partial charge in [0.2, 0.25) is 5.95 Å². The summed E-state index contributed by atoms with van der Waals surface area (Å²) in [5.74, 6) is 2.13. The highest BCUT2D eigenvalue weighted by atomic mass is 16.5. The molecule has 3 aromatic rings. The van der Waals surface area contributed by atoms with Gasteiger partial charge in [-0.3, -0.25) is 4.90 Å². The molecule has 2 aliphatic heterocycles. The molecule has 178 valence electrons. The Labute approximate surface area is 201 Å². The van der Waals surface area contributed by atoms with E-state index in [1.165, 1.54) is 31.5 Å². The molecule has 0 amide bonds. The summed E-state index contributed by atoms with van der Waals surface area (Å²) in [5.41, 5.74) is 3.01. The Balaban J connectivity index is 1.30. The van der Waals surface area contributed by atoms with Crippen LogP contribution in [0.5, 0.6) is 5.75 Å². The van der Waals surface area contributed by atoms with E-state index in [1.807, 2.05) is 53.6 Å². The molecule has 34 heavy (non-hydrogen) atoms. The Morgan fingerprint density at radius 2 is 1.94 bits per heavy atom. The number of aromatic nitrogens is 2. The number of likely N-dealkylation sites (tertiary alicyclic amines) is 1. The van der Waals surface area contributed by atoms with Gasteiger partial charge in [0.1, 0.15) is 24.4 Å². The van der Waals surface area contributed by atoms with Crippen LogP contribution in [0.2, 0.25) is 0 Å². The Hall–Kier alpha value is -3.16. The molecule has 2 aliphatic rings. The summed E-state index contributed by atoms with van der Waals surface area (Å²) in [7, 11) is 0. The van der Waals surface area contributed by atoms with Crippen molar-refractivity contribution < 1.29 is 9.84 Å². The zero-order chi connectivity index (χ0) is 23.3. The van der Waals surface area contributed by atoms with E-state index in [9.17, 15) is 5.11 Å². The lowest BCUT2D eigenvalue weighted by Gasteiger charge is -2.32. The van der Waals surface area contributed by atoms with E-state index in [1.54, 1.807) is 0 Å². The summed E-state index contributed by atoms with van der Waals surface area (Å²) in [6, 6.07) is 18.3. The molecule has 2 aromatic carbocycles. The Bertz CT molecular complexity index is 1090. The van der Waals surface area contributed by atoms with Gasteiger partial charge in [0, 0.05) is 36.5 Å². The minimum Gasteiger partial charge on any atom is -0.492 e. The lowest BCUT2D eigenvalue weighted by molar-refractivity contribution is 0.166. The minimum atomic E-state index is -0.614. The van der Waals surface area contributed by atoms with Crippen LogP contribution in [0.15, 0.2) is 60.8 Å². The fourth-order valence-corrected chi connectivity index (χ4v) is 4.98. The zero-order valence-electron chi connectivity index (χ0n) is 19.7. The van der Waals surface area contributed by atoms with Crippen molar-refractivity contribution >= 4 is 17.5 Å². The van der Waals surface area contributed by atoms with Crippen LogP contribution in [0.3, 0.4) is 0 Å². The second kappa shape index (κ2) is 10.4. The summed E-state index contributed by atoms with van der Waals surface area (Å²) in [5, 5.41) is 14.2. The van der Waals surface area contributed by atoms with Gasteiger partial charge in [0.05, 0.1) is 6.04 Å². The number of anilines is 3. The normalized spacial score (nSPS) is 18.6. The van der Waals surface area contributed by atoms with Crippen LogP contribution >= 0.6 is 0 Å². The molecule has 1 fully saturated rings. The Morgan fingerprint density at radius 1 is 1.12 bits per heavy atom. The fourth-order valence-electron chi connectivity index (χ4n) is 4.98. The molecule has 0 bridgehead atoms. The van der Waals surface area contributed by atoms with Gasteiger partial charge in [0.25, 0.3) is 0 Å². The van der Waals surface area contributed by atoms with Crippen LogP contribution in [0.1, 0.15) is 43.4 Å². The molecule has 0 radical (unpaired) electrons. The maximum atomic E-state index is 10.9. The molecular formula is C27H33N5O2. The summed E-state index contributed by atoms with van der Waals surface area (Å²) < 4.78 is 5.98. The second-order valence-electron chi connectivity index (χ2n) is 9.02. The summed E-state index contributed by atoms with van der Waals surface area (Å²) in [4.78, 5) is 13.8. The summed E-state index contributed by atoms with van der Waals surface area (Å²) in [6.07, 6.45) is 5.18. The van der Waals surface area contributed by atoms with Crippen LogP contribution in [0, 0.1) is 0 Å². The highest BCUT2D eigenvalue weighted by Gasteiger charge is 2.35. The predicted octanol–water partition coefficient (Wildman–Crippen LogP) is 4.53. The zero-order valence-corrected chi connectivity index (χ0v) is 19.7. The first-order valence-electron chi connectivity index (χ1n) is 12.3. The van der Waals surface area contributed by atoms with Gasteiger partial charge in [-0.05, 0) is 50.0 Å². The first kappa shape index (κ1) is 22.6. The Kier molecular flexibility index (Phi) is 6.92. The average molecular weight is 460 g/mol. The largest absolute Gasteiger partial charge is 0.492 e. The number of nitrogens with zero attached hydrogens (tertiary/aromatic N) is 4. The molecule has 0 aliphatic carbocycles. The number of hydrogen-bond donors (Lipinski definition) is 2. The van der Waals surface area contributed by atoms with E-state index < -0.39 is 6.23 Å². The summed E-state index contributed by atoms with van der Waals surface area (Å²) >= 11 is 0. The molecule has 0 spiro atoms. The summed E-state index contributed by atoms with van der Waals surface area (Å²) in [6.45, 7) is 6.14. The molecule has 0 saturated carbocycles. The molecular weight excluding hydrogens is 426 g/mol. The van der Waals surface area contributed by atoms with Crippen LogP contribution in [-0.4, -0.2) is 52.4 Å². The third-order valence-corrected chi connectivity index (χ3v) is 6.68. The molecule has 5 rings (SSSR count). The number of nitrogens with one attached hydrogen (secondary N) is 1. The fraction of sp³-hybridized carbons (Fsp3) is 0.407. The molecule has 7 nitrogen and oxygen atoms in total. The lowest BCUT2D eigenvalue weighted by Crippen LogP contribution is -2.35. The molecule has 1 saturated heterocycles. The standard InChI is InChI=1S/C27H33N5O2/c1-2-24(20-9-4-3-5-10-20)32-25(33)17-21-19-28-27(30-26(21)32)29-22-11-8-12-23(18-22)34-16-15-31-13-6-7-14-31/h3-5,8-12,18-19,24-25,33H,2,6-7,13-17H2,1H3,(H,28,29,30). The van der Waals surface area contributed by atoms with E-state index in [2.05, 4.69) is 34.3 Å². The predicted molar refractivity (Wildman–Crippen MR) is 135 cm³/mol. The highest BCUT2D eigenvalue weighted by molar-refractivity contribution is 5.61. The number of rotatable bonds is 9. The number of hydrogen-bond acceptors (Lipinski definition) is 7. The van der Waals surface area contributed by atoms with Crippen molar-refractivity contribution in [1.82, 2.24) is 14.9 Å². The average Bonchev–Trinajstić information content (AvgIpc) is 3.49. The van der Waals surface area contributed by atoms with Crippen LogP contribution in [0.25, 0.3) is 0 Å². The van der Waals surface area contributed by atoms with Crippen molar-refractivity contribution in [1.29, 1.82) is 0 Å². The maximum absolute atomic E-state index is 10.9. The van der Waals surface area contributed by atoms with Crippen LogP contribution < -0.4 is 15.0 Å². The van der Waals surface area contributed by atoms with Crippen molar-refractivity contribution in [3.8, 4) is 5.75 Å². The molecule has 7 heteroatoms. The molecule has 2 unspecified atom stereocenters. The first-order chi connectivity index (χ1) is 16.7. The second-order valence-corrected chi connectivity index (χ2v) is 9.02. The highest BCUT2D eigenvalue weighted by Crippen LogP contribution is 2.38. The smallest absolute Gasteiger partial charge is 0.229 e. The monoisotopic (exact) mass is 459 g/mol. The number of aliphatic hydroxyl groups excluding tert-OH is 1. The van der Waals surface area contributed by atoms with Gasteiger partial charge < -0.3 is 20.1 Å². The van der Waals surface area contributed by atoms with Crippen molar-refractivity contribution in [3.63, 3.8) is 0 Å². The van der Waals surface area contributed by atoms with E-state index in [0.29, 0.717) is 19.0 Å². The van der Waals surface area contributed by atoms with Gasteiger partial charge in [-0.25, -0.2) is 4.98 Å². The van der Waals surface area contributed by atoms with Crippen LogP contribution in [0.4, 0.5) is 17.5 Å². The molecule has 1 aromatic heterocycles. The van der Waals surface area contributed by atoms with E-state index in [-0.39, 0.29) is 6.04 Å². The van der Waals surface area contributed by atoms with E-state index in [0.717, 1.165) is 35.8 Å². The van der Waals surface area contributed by atoms with Gasteiger partial charge >= 0.3 is 0 Å². The quantitative estimate of drug-likeness (QED) is 0.487. The van der Waals surface area contributed by atoms with Gasteiger partial charge in [-0.1, -0.05) is 43.3 Å². The van der Waals surface area contributed by atoms with Crippen molar-refractivity contribution in [2.24, 2.45) is 0 Å². The number of aliphatic hydroxyl groups is 1. The number of ether oxygens (including phenoxy) is 1. The molecule has 2 N–H and O–H groups in total. The van der Waals surface area contributed by atoms with E-state index in [4.69, 9.17) is 9.72 Å². The number of benzene rings is 2. The lowest BCUT2D eigenvalue weighted by atomic mass is 10.0. The SMILES string of the molecule is CCC(c1ccccc1)N1c2nc(Nc3cccc(OCCN4CCCC4)c3)ncc2CC1O. The van der Waals surface area contributed by atoms with Crippen LogP contribution in [-0.2, 0) is 6.42 Å². The minimum absolute atomic E-state index is 0.0486. The maximum Gasteiger partial charge on any atom is 0.229 e. The molecule has 3 heterocycles. The number of fused-ring (bicyclic) bond motifs is 1.